The van der Waals surface area contributed by atoms with Crippen molar-refractivity contribution in [3.63, 3.8) is 0 Å². The highest BCUT2D eigenvalue weighted by molar-refractivity contribution is 6.34. The minimum absolute atomic E-state index is 0.00670. The average Bonchev–Trinajstić information content (AvgIpc) is 2.54. The molecule has 134 valence electrons. The van der Waals surface area contributed by atoms with Gasteiger partial charge in [0, 0.05) is 23.1 Å². The molecular formula is C18H19Cl2NO4. The van der Waals surface area contributed by atoms with Crippen LogP contribution in [0.25, 0.3) is 0 Å². The van der Waals surface area contributed by atoms with E-state index in [0.29, 0.717) is 41.1 Å². The summed E-state index contributed by atoms with van der Waals surface area (Å²) in [5, 5.41) is 22.9. The predicted octanol–water partition coefficient (Wildman–Crippen LogP) is 3.32. The molecule has 0 bridgehead atoms. The van der Waals surface area contributed by atoms with Crippen molar-refractivity contribution < 1.29 is 19.7 Å². The standard InChI is InChI=1S/C18H19Cl2NO4/c19-14-8-13(9-15(20)10-14)17(22)11-21-5-6-25-16-3-1-12(2-4-16)7-18(23)24/h1-4,8-10,17,21-22H,5-7,11H2,(H,23,24). The third-order valence-electron chi connectivity index (χ3n) is 3.43. The molecule has 2 aromatic rings. The highest BCUT2D eigenvalue weighted by Crippen LogP contribution is 2.23. The van der Waals surface area contributed by atoms with Gasteiger partial charge in [-0.2, -0.15) is 0 Å². The molecule has 0 aliphatic carbocycles. The number of hydrogen-bond donors (Lipinski definition) is 3. The third kappa shape index (κ3) is 6.92. The number of aliphatic hydroxyl groups is 1. The van der Waals surface area contributed by atoms with Gasteiger partial charge in [0.15, 0.2) is 0 Å². The molecule has 5 nitrogen and oxygen atoms in total. The van der Waals surface area contributed by atoms with Crippen LogP contribution in [0.2, 0.25) is 10.0 Å². The third-order valence-corrected chi connectivity index (χ3v) is 3.87. The van der Waals surface area contributed by atoms with Crippen molar-refractivity contribution >= 4 is 29.2 Å². The van der Waals surface area contributed by atoms with Crippen LogP contribution in [0.3, 0.4) is 0 Å². The van der Waals surface area contributed by atoms with Crippen LogP contribution < -0.4 is 10.1 Å². The lowest BCUT2D eigenvalue weighted by Gasteiger charge is -2.13. The van der Waals surface area contributed by atoms with Crippen molar-refractivity contribution in [1.29, 1.82) is 0 Å². The Morgan fingerprint density at radius 1 is 1.12 bits per heavy atom. The first-order valence-corrected chi connectivity index (χ1v) is 8.48. The number of benzene rings is 2. The average molecular weight is 384 g/mol. The Kier molecular flexibility index (Phi) is 7.52. The molecule has 2 aromatic carbocycles. The molecule has 0 heterocycles. The summed E-state index contributed by atoms with van der Waals surface area (Å²) in [6.45, 7) is 1.31. The zero-order chi connectivity index (χ0) is 18.2. The minimum Gasteiger partial charge on any atom is -0.492 e. The van der Waals surface area contributed by atoms with Crippen LogP contribution in [0.5, 0.6) is 5.75 Å². The number of carboxylic acid groups (broad SMARTS) is 1. The Morgan fingerprint density at radius 3 is 2.36 bits per heavy atom. The molecule has 0 fully saturated rings. The van der Waals surface area contributed by atoms with Gasteiger partial charge in [-0.1, -0.05) is 35.3 Å². The summed E-state index contributed by atoms with van der Waals surface area (Å²) >= 11 is 11.8. The van der Waals surface area contributed by atoms with Crippen molar-refractivity contribution in [2.45, 2.75) is 12.5 Å². The summed E-state index contributed by atoms with van der Waals surface area (Å²) < 4.78 is 5.56. The molecule has 0 spiro atoms. The first kappa shape index (κ1) is 19.5. The summed E-state index contributed by atoms with van der Waals surface area (Å²) in [6.07, 6.45) is -0.723. The van der Waals surface area contributed by atoms with Crippen LogP contribution >= 0.6 is 23.2 Å². The fourth-order valence-electron chi connectivity index (χ4n) is 2.24. The molecule has 0 amide bonds. The Labute approximate surface area is 156 Å². The normalized spacial score (nSPS) is 12.0. The number of carboxylic acids is 1. The zero-order valence-corrected chi connectivity index (χ0v) is 14.9. The second-order valence-corrected chi connectivity index (χ2v) is 6.36. The topological polar surface area (TPSA) is 78.8 Å². The van der Waals surface area contributed by atoms with Crippen molar-refractivity contribution in [3.05, 3.63) is 63.6 Å². The summed E-state index contributed by atoms with van der Waals surface area (Å²) in [5.74, 6) is -0.199. The zero-order valence-electron chi connectivity index (χ0n) is 13.4. The van der Waals surface area contributed by atoms with E-state index in [4.69, 9.17) is 33.0 Å². The monoisotopic (exact) mass is 383 g/mol. The van der Waals surface area contributed by atoms with E-state index in [0.717, 1.165) is 5.56 Å². The highest BCUT2D eigenvalue weighted by atomic mass is 35.5. The molecule has 0 radical (unpaired) electrons. The van der Waals surface area contributed by atoms with Crippen LogP contribution in [-0.2, 0) is 11.2 Å². The van der Waals surface area contributed by atoms with Gasteiger partial charge in [-0.25, -0.2) is 0 Å². The van der Waals surface area contributed by atoms with Crippen molar-refractivity contribution in [3.8, 4) is 5.75 Å². The van der Waals surface area contributed by atoms with Crippen LogP contribution in [0.1, 0.15) is 17.2 Å². The van der Waals surface area contributed by atoms with Gasteiger partial charge in [-0.3, -0.25) is 4.79 Å². The Bertz CT molecular complexity index is 686. The summed E-state index contributed by atoms with van der Waals surface area (Å²) in [4.78, 5) is 10.6. The number of ether oxygens (including phenoxy) is 1. The van der Waals surface area contributed by atoms with Crippen molar-refractivity contribution in [2.75, 3.05) is 19.7 Å². The first-order chi connectivity index (χ1) is 11.9. The minimum atomic E-state index is -0.864. The molecule has 3 N–H and O–H groups in total. The van der Waals surface area contributed by atoms with Gasteiger partial charge in [0.2, 0.25) is 0 Å². The smallest absolute Gasteiger partial charge is 0.307 e. The lowest BCUT2D eigenvalue weighted by molar-refractivity contribution is -0.136. The van der Waals surface area contributed by atoms with Crippen molar-refractivity contribution in [1.82, 2.24) is 5.32 Å². The fraction of sp³-hybridized carbons (Fsp3) is 0.278. The molecular weight excluding hydrogens is 365 g/mol. The molecule has 0 aromatic heterocycles. The molecule has 7 heteroatoms. The molecule has 1 unspecified atom stereocenters. The van der Waals surface area contributed by atoms with Gasteiger partial charge in [-0.15, -0.1) is 0 Å². The van der Waals surface area contributed by atoms with E-state index in [1.807, 2.05) is 0 Å². The Morgan fingerprint density at radius 2 is 1.76 bits per heavy atom. The number of carbonyl (C=O) groups is 1. The van der Waals surface area contributed by atoms with E-state index < -0.39 is 12.1 Å². The largest absolute Gasteiger partial charge is 0.492 e. The maximum Gasteiger partial charge on any atom is 0.307 e. The molecule has 0 aliphatic rings. The fourth-order valence-corrected chi connectivity index (χ4v) is 2.79. The summed E-state index contributed by atoms with van der Waals surface area (Å²) in [7, 11) is 0. The molecule has 0 saturated carbocycles. The maximum atomic E-state index is 10.6. The van der Waals surface area contributed by atoms with E-state index in [-0.39, 0.29) is 6.42 Å². The number of aliphatic hydroxyl groups excluding tert-OH is 1. The predicted molar refractivity (Wildman–Crippen MR) is 97.6 cm³/mol. The van der Waals surface area contributed by atoms with Crippen LogP contribution in [0.15, 0.2) is 42.5 Å². The Hall–Kier alpha value is -1.79. The van der Waals surface area contributed by atoms with Gasteiger partial charge >= 0.3 is 5.97 Å². The maximum absolute atomic E-state index is 10.6. The van der Waals surface area contributed by atoms with Gasteiger partial charge in [0.05, 0.1) is 12.5 Å². The van der Waals surface area contributed by atoms with Gasteiger partial charge in [0.25, 0.3) is 0 Å². The lowest BCUT2D eigenvalue weighted by atomic mass is 10.1. The van der Waals surface area contributed by atoms with Gasteiger partial charge in [0.1, 0.15) is 12.4 Å². The molecule has 1 atom stereocenters. The molecule has 0 aliphatic heterocycles. The summed E-state index contributed by atoms with van der Waals surface area (Å²) in [5.41, 5.74) is 1.38. The van der Waals surface area contributed by atoms with Gasteiger partial charge in [-0.05, 0) is 41.5 Å². The second kappa shape index (κ2) is 9.63. The van der Waals surface area contributed by atoms with Crippen molar-refractivity contribution in [2.24, 2.45) is 0 Å². The number of nitrogens with one attached hydrogen (secondary N) is 1. The quantitative estimate of drug-likeness (QED) is 0.578. The molecule has 2 rings (SSSR count). The lowest BCUT2D eigenvalue weighted by Crippen LogP contribution is -2.26. The number of rotatable bonds is 9. The van der Waals surface area contributed by atoms with Crippen LogP contribution in [-0.4, -0.2) is 35.9 Å². The van der Waals surface area contributed by atoms with E-state index in [9.17, 15) is 9.90 Å². The SMILES string of the molecule is O=C(O)Cc1ccc(OCCNCC(O)c2cc(Cl)cc(Cl)c2)cc1. The highest BCUT2D eigenvalue weighted by Gasteiger charge is 2.09. The van der Waals surface area contributed by atoms with E-state index >= 15 is 0 Å². The van der Waals surface area contributed by atoms with E-state index in [1.165, 1.54) is 0 Å². The van der Waals surface area contributed by atoms with E-state index in [1.54, 1.807) is 42.5 Å². The Balaban J connectivity index is 1.69. The van der Waals surface area contributed by atoms with Gasteiger partial charge < -0.3 is 20.3 Å². The van der Waals surface area contributed by atoms with Crippen LogP contribution in [0.4, 0.5) is 0 Å². The second-order valence-electron chi connectivity index (χ2n) is 5.49. The van der Waals surface area contributed by atoms with E-state index in [2.05, 4.69) is 5.32 Å². The number of aliphatic carboxylic acids is 1. The number of halogens is 2. The summed E-state index contributed by atoms with van der Waals surface area (Å²) in [6, 6.07) is 11.9. The molecule has 0 saturated heterocycles. The molecule has 25 heavy (non-hydrogen) atoms. The number of hydrogen-bond acceptors (Lipinski definition) is 4. The van der Waals surface area contributed by atoms with Crippen LogP contribution in [0, 0.1) is 0 Å². The first-order valence-electron chi connectivity index (χ1n) is 7.72.